The normalized spacial score (nSPS) is 19.9. The molecular formula is C22H20FN3O5. The van der Waals surface area contributed by atoms with Crippen LogP contribution >= 0.6 is 0 Å². The summed E-state index contributed by atoms with van der Waals surface area (Å²) in [5, 5.41) is 3.98. The van der Waals surface area contributed by atoms with E-state index in [-0.39, 0.29) is 18.5 Å². The summed E-state index contributed by atoms with van der Waals surface area (Å²) >= 11 is 0. The molecular weight excluding hydrogens is 405 g/mol. The Morgan fingerprint density at radius 1 is 1.06 bits per heavy atom. The van der Waals surface area contributed by atoms with Crippen molar-refractivity contribution >= 4 is 5.97 Å². The van der Waals surface area contributed by atoms with E-state index in [0.717, 1.165) is 11.1 Å². The van der Waals surface area contributed by atoms with Crippen molar-refractivity contribution in [2.24, 2.45) is 0 Å². The van der Waals surface area contributed by atoms with Gasteiger partial charge in [-0.2, -0.15) is 0 Å². The summed E-state index contributed by atoms with van der Waals surface area (Å²) in [7, 11) is 0. The number of carbonyl (C=O) groups is 1. The fraction of sp³-hybridized carbons (Fsp3) is 0.273. The molecule has 0 aliphatic carbocycles. The number of esters is 1. The quantitative estimate of drug-likeness (QED) is 0.603. The molecule has 2 aliphatic heterocycles. The number of benzene rings is 2. The Bertz CT molecular complexity index is 1090. The van der Waals surface area contributed by atoms with Crippen LogP contribution in [0.15, 0.2) is 53.1 Å². The zero-order valence-corrected chi connectivity index (χ0v) is 16.5. The molecule has 5 rings (SSSR count). The van der Waals surface area contributed by atoms with Gasteiger partial charge in [0.1, 0.15) is 37.4 Å². The number of aromatic nitrogens is 1. The van der Waals surface area contributed by atoms with Crippen molar-refractivity contribution in [1.29, 1.82) is 0 Å². The third kappa shape index (κ3) is 4.23. The first-order chi connectivity index (χ1) is 15.2. The minimum absolute atomic E-state index is 0.00766. The fourth-order valence-electron chi connectivity index (χ4n) is 3.58. The number of nitrogens with zero attached hydrogens (tertiary/aromatic N) is 1. The number of halogens is 1. The molecule has 3 aromatic rings. The van der Waals surface area contributed by atoms with Crippen molar-refractivity contribution < 1.29 is 27.9 Å². The van der Waals surface area contributed by atoms with Gasteiger partial charge in [0, 0.05) is 17.7 Å². The lowest BCUT2D eigenvalue weighted by Gasteiger charge is -2.18. The molecule has 2 aliphatic rings. The average Bonchev–Trinajstić information content (AvgIpc) is 3.48. The highest BCUT2D eigenvalue weighted by molar-refractivity contribution is 5.76. The summed E-state index contributed by atoms with van der Waals surface area (Å²) in [6.07, 6.45) is 0.492. The summed E-state index contributed by atoms with van der Waals surface area (Å²) in [6.45, 7) is 1.02. The number of hydrazine groups is 1. The minimum Gasteiger partial charge on any atom is -0.486 e. The van der Waals surface area contributed by atoms with Crippen LogP contribution in [0.2, 0.25) is 0 Å². The standard InChI is InChI=1S/C22H20FN3O5/c23-15-4-1-13(2-5-15)17-11-18(25-24-17)22(27)30-12-16-10-20(31-26-16)14-3-6-19-21(9-14)29-8-7-28-19/h1-6,9-10,17-18,24-25H,7-8,11-12H2. The van der Waals surface area contributed by atoms with Gasteiger partial charge in [0.25, 0.3) is 0 Å². The number of fused-ring (bicyclic) bond motifs is 1. The summed E-state index contributed by atoms with van der Waals surface area (Å²) in [5.41, 5.74) is 8.15. The summed E-state index contributed by atoms with van der Waals surface area (Å²) < 4.78 is 35.0. The Balaban J connectivity index is 1.17. The molecule has 8 nitrogen and oxygen atoms in total. The topological polar surface area (TPSA) is 94.9 Å². The van der Waals surface area contributed by atoms with Gasteiger partial charge in [0.05, 0.1) is 0 Å². The van der Waals surface area contributed by atoms with E-state index in [1.807, 2.05) is 18.2 Å². The zero-order chi connectivity index (χ0) is 21.2. The number of carbonyl (C=O) groups excluding carboxylic acids is 1. The van der Waals surface area contributed by atoms with E-state index in [4.69, 9.17) is 18.7 Å². The van der Waals surface area contributed by atoms with E-state index in [9.17, 15) is 9.18 Å². The van der Waals surface area contributed by atoms with E-state index in [0.29, 0.717) is 42.6 Å². The van der Waals surface area contributed by atoms with Crippen LogP contribution in [-0.2, 0) is 16.1 Å². The molecule has 3 heterocycles. The molecule has 0 saturated carbocycles. The Hall–Kier alpha value is -3.43. The maximum absolute atomic E-state index is 13.1. The molecule has 1 fully saturated rings. The van der Waals surface area contributed by atoms with Crippen LogP contribution in [0.25, 0.3) is 11.3 Å². The van der Waals surface area contributed by atoms with E-state index >= 15 is 0 Å². The van der Waals surface area contributed by atoms with Crippen LogP contribution in [0, 0.1) is 5.82 Å². The Morgan fingerprint density at radius 2 is 1.87 bits per heavy atom. The lowest BCUT2D eigenvalue weighted by molar-refractivity contribution is -0.147. The number of hydrogen-bond donors (Lipinski definition) is 2. The molecule has 0 amide bonds. The van der Waals surface area contributed by atoms with Gasteiger partial charge in [-0.15, -0.1) is 0 Å². The largest absolute Gasteiger partial charge is 0.486 e. The third-order valence-corrected chi connectivity index (χ3v) is 5.21. The van der Waals surface area contributed by atoms with Crippen molar-refractivity contribution in [2.75, 3.05) is 13.2 Å². The lowest BCUT2D eigenvalue weighted by atomic mass is 10.0. The molecule has 0 radical (unpaired) electrons. The van der Waals surface area contributed by atoms with Crippen LogP contribution < -0.4 is 20.3 Å². The molecule has 1 saturated heterocycles. The third-order valence-electron chi connectivity index (χ3n) is 5.21. The monoisotopic (exact) mass is 425 g/mol. The van der Waals surface area contributed by atoms with Gasteiger partial charge in [-0.1, -0.05) is 17.3 Å². The molecule has 31 heavy (non-hydrogen) atoms. The number of rotatable bonds is 5. The number of nitrogens with one attached hydrogen (secondary N) is 2. The van der Waals surface area contributed by atoms with E-state index in [1.165, 1.54) is 12.1 Å². The molecule has 2 aromatic carbocycles. The van der Waals surface area contributed by atoms with Crippen molar-refractivity contribution in [3.05, 3.63) is 65.6 Å². The van der Waals surface area contributed by atoms with E-state index in [2.05, 4.69) is 16.0 Å². The highest BCUT2D eigenvalue weighted by atomic mass is 19.1. The van der Waals surface area contributed by atoms with Crippen LogP contribution in [-0.4, -0.2) is 30.4 Å². The first-order valence-corrected chi connectivity index (χ1v) is 9.94. The van der Waals surface area contributed by atoms with Crippen molar-refractivity contribution in [2.45, 2.75) is 25.1 Å². The lowest BCUT2D eigenvalue weighted by Crippen LogP contribution is -2.37. The second-order valence-electron chi connectivity index (χ2n) is 7.33. The SMILES string of the molecule is O=C(OCc1cc(-c2ccc3c(c2)OCCO3)on1)C1CC(c2ccc(F)cc2)NN1. The van der Waals surface area contributed by atoms with Crippen molar-refractivity contribution in [1.82, 2.24) is 16.0 Å². The molecule has 2 N–H and O–H groups in total. The molecule has 2 atom stereocenters. The highest BCUT2D eigenvalue weighted by Crippen LogP contribution is 2.34. The second-order valence-corrected chi connectivity index (χ2v) is 7.33. The minimum atomic E-state index is -0.515. The Kier molecular flexibility index (Phi) is 5.27. The maximum Gasteiger partial charge on any atom is 0.324 e. The van der Waals surface area contributed by atoms with E-state index < -0.39 is 12.0 Å². The average molecular weight is 425 g/mol. The molecule has 0 bridgehead atoms. The smallest absolute Gasteiger partial charge is 0.324 e. The van der Waals surface area contributed by atoms with Crippen molar-refractivity contribution in [3.8, 4) is 22.8 Å². The van der Waals surface area contributed by atoms with Crippen LogP contribution in [0.1, 0.15) is 23.7 Å². The van der Waals surface area contributed by atoms with E-state index in [1.54, 1.807) is 18.2 Å². The van der Waals surface area contributed by atoms with Crippen LogP contribution in [0.3, 0.4) is 0 Å². The molecule has 0 spiro atoms. The zero-order valence-electron chi connectivity index (χ0n) is 16.5. The van der Waals surface area contributed by atoms with Gasteiger partial charge >= 0.3 is 5.97 Å². The maximum atomic E-state index is 13.1. The highest BCUT2D eigenvalue weighted by Gasteiger charge is 2.31. The molecule has 2 unspecified atom stereocenters. The summed E-state index contributed by atoms with van der Waals surface area (Å²) in [6, 6.07) is 12.8. The summed E-state index contributed by atoms with van der Waals surface area (Å²) in [5.74, 6) is 1.19. The van der Waals surface area contributed by atoms with Gasteiger partial charge in [-0.3, -0.25) is 4.79 Å². The Morgan fingerprint density at radius 3 is 2.71 bits per heavy atom. The predicted octanol–water partition coefficient (Wildman–Crippen LogP) is 2.90. The van der Waals surface area contributed by atoms with Crippen LogP contribution in [0.4, 0.5) is 4.39 Å². The molecule has 160 valence electrons. The van der Waals surface area contributed by atoms with Gasteiger partial charge in [0.2, 0.25) is 0 Å². The first kappa shape index (κ1) is 19.5. The Labute approximate surface area is 177 Å². The van der Waals surface area contributed by atoms with Gasteiger partial charge in [-0.05, 0) is 42.3 Å². The van der Waals surface area contributed by atoms with Gasteiger partial charge in [0.15, 0.2) is 17.3 Å². The molecule has 9 heteroatoms. The van der Waals surface area contributed by atoms with Gasteiger partial charge < -0.3 is 18.7 Å². The van der Waals surface area contributed by atoms with Crippen molar-refractivity contribution in [3.63, 3.8) is 0 Å². The summed E-state index contributed by atoms with van der Waals surface area (Å²) in [4.78, 5) is 12.4. The first-order valence-electron chi connectivity index (χ1n) is 9.94. The second kappa shape index (κ2) is 8.37. The number of ether oxygens (including phenoxy) is 3. The molecule has 1 aromatic heterocycles. The fourth-order valence-corrected chi connectivity index (χ4v) is 3.58. The van der Waals surface area contributed by atoms with Gasteiger partial charge in [-0.25, -0.2) is 15.2 Å². The number of hydrogen-bond acceptors (Lipinski definition) is 8. The predicted molar refractivity (Wildman–Crippen MR) is 107 cm³/mol. The van der Waals surface area contributed by atoms with Crippen LogP contribution in [0.5, 0.6) is 11.5 Å².